The molecule has 1 aromatic heterocycles. The van der Waals surface area contributed by atoms with Gasteiger partial charge in [0.05, 0.1) is 5.69 Å². The minimum absolute atomic E-state index is 0.0712. The van der Waals surface area contributed by atoms with Crippen LogP contribution in [-0.4, -0.2) is 10.9 Å². The number of benzene rings is 2. The zero-order valence-corrected chi connectivity index (χ0v) is 14.4. The number of nitrogens with one attached hydrogen (secondary N) is 1. The fourth-order valence-corrected chi connectivity index (χ4v) is 3.38. The van der Waals surface area contributed by atoms with Gasteiger partial charge < -0.3 is 11.1 Å². The molecule has 0 aliphatic carbocycles. The van der Waals surface area contributed by atoms with Crippen LogP contribution in [0.1, 0.15) is 33.2 Å². The standard InChI is InChI=1S/C21H17F2N3O/c22-15-7-13(8-16(23)9-15)19(24)10-20-17(2-1-5-25-20)12-3-4-18-14(6-12)11-26-21(18)27/h1-9,19H,10-11,24H2,(H,26,27). The van der Waals surface area contributed by atoms with Crippen LogP contribution in [0, 0.1) is 11.6 Å². The Morgan fingerprint density at radius 3 is 2.63 bits per heavy atom. The molecule has 27 heavy (non-hydrogen) atoms. The maximum absolute atomic E-state index is 13.5. The second kappa shape index (κ2) is 6.89. The molecule has 136 valence electrons. The van der Waals surface area contributed by atoms with Crippen molar-refractivity contribution < 1.29 is 13.6 Å². The number of fused-ring (bicyclic) bond motifs is 1. The molecule has 4 rings (SSSR count). The van der Waals surface area contributed by atoms with Gasteiger partial charge in [-0.15, -0.1) is 0 Å². The fraction of sp³-hybridized carbons (Fsp3) is 0.143. The number of pyridine rings is 1. The molecule has 0 saturated heterocycles. The van der Waals surface area contributed by atoms with E-state index in [0.29, 0.717) is 24.1 Å². The summed E-state index contributed by atoms with van der Waals surface area (Å²) in [6.45, 7) is 0.500. The van der Waals surface area contributed by atoms with Crippen LogP contribution in [0.3, 0.4) is 0 Å². The van der Waals surface area contributed by atoms with E-state index in [0.717, 1.165) is 28.5 Å². The van der Waals surface area contributed by atoms with Crippen LogP contribution in [0.25, 0.3) is 11.1 Å². The first-order chi connectivity index (χ1) is 13.0. The van der Waals surface area contributed by atoms with Crippen LogP contribution < -0.4 is 11.1 Å². The Kier molecular flexibility index (Phi) is 4.41. The van der Waals surface area contributed by atoms with Crippen molar-refractivity contribution in [1.82, 2.24) is 10.3 Å². The highest BCUT2D eigenvalue weighted by Gasteiger charge is 2.20. The number of carbonyl (C=O) groups excluding carboxylic acids is 1. The summed E-state index contributed by atoms with van der Waals surface area (Å²) in [4.78, 5) is 16.2. The molecule has 1 unspecified atom stereocenters. The molecule has 0 bridgehead atoms. The third-order valence-corrected chi connectivity index (χ3v) is 4.72. The van der Waals surface area contributed by atoms with Gasteiger partial charge in [-0.3, -0.25) is 9.78 Å². The molecule has 1 amide bonds. The lowest BCUT2D eigenvalue weighted by Gasteiger charge is -2.15. The number of halogens is 2. The Morgan fingerprint density at radius 2 is 1.85 bits per heavy atom. The normalized spacial score (nSPS) is 14.0. The summed E-state index contributed by atoms with van der Waals surface area (Å²) >= 11 is 0. The van der Waals surface area contributed by atoms with E-state index in [2.05, 4.69) is 10.3 Å². The molecular weight excluding hydrogens is 348 g/mol. The van der Waals surface area contributed by atoms with Crippen LogP contribution in [0.5, 0.6) is 0 Å². The lowest BCUT2D eigenvalue weighted by Crippen LogP contribution is -2.15. The molecule has 3 aromatic rings. The van der Waals surface area contributed by atoms with Gasteiger partial charge >= 0.3 is 0 Å². The summed E-state index contributed by atoms with van der Waals surface area (Å²) in [5.41, 5.74) is 10.7. The second-order valence-corrected chi connectivity index (χ2v) is 6.57. The molecule has 0 spiro atoms. The maximum atomic E-state index is 13.5. The Hall–Kier alpha value is -3.12. The zero-order chi connectivity index (χ0) is 19.0. The molecule has 1 aliphatic rings. The quantitative estimate of drug-likeness (QED) is 0.743. The van der Waals surface area contributed by atoms with E-state index in [1.807, 2.05) is 24.3 Å². The number of rotatable bonds is 4. The largest absolute Gasteiger partial charge is 0.348 e. The van der Waals surface area contributed by atoms with Gasteiger partial charge in [0.15, 0.2) is 0 Å². The summed E-state index contributed by atoms with van der Waals surface area (Å²) in [6, 6.07) is 12.1. The van der Waals surface area contributed by atoms with Gasteiger partial charge in [-0.2, -0.15) is 0 Å². The van der Waals surface area contributed by atoms with E-state index in [4.69, 9.17) is 5.73 Å². The van der Waals surface area contributed by atoms with Crippen LogP contribution >= 0.6 is 0 Å². The number of hydrogen-bond acceptors (Lipinski definition) is 3. The summed E-state index contributed by atoms with van der Waals surface area (Å²) in [6.07, 6.45) is 1.99. The summed E-state index contributed by atoms with van der Waals surface area (Å²) in [5, 5.41) is 2.80. The molecule has 6 heteroatoms. The van der Waals surface area contributed by atoms with Gasteiger partial charge in [0, 0.05) is 42.4 Å². The maximum Gasteiger partial charge on any atom is 0.251 e. The second-order valence-electron chi connectivity index (χ2n) is 6.57. The first kappa shape index (κ1) is 17.3. The summed E-state index contributed by atoms with van der Waals surface area (Å²) in [7, 11) is 0. The van der Waals surface area contributed by atoms with Gasteiger partial charge in [-0.1, -0.05) is 12.1 Å². The summed E-state index contributed by atoms with van der Waals surface area (Å²) in [5.74, 6) is -1.38. The van der Waals surface area contributed by atoms with E-state index in [1.54, 1.807) is 12.3 Å². The topological polar surface area (TPSA) is 68.0 Å². The predicted octanol–water partition coefficient (Wildman–Crippen LogP) is 3.51. The molecule has 2 heterocycles. The fourth-order valence-electron chi connectivity index (χ4n) is 3.38. The third-order valence-electron chi connectivity index (χ3n) is 4.72. The molecule has 1 atom stereocenters. The molecule has 3 N–H and O–H groups in total. The molecule has 4 nitrogen and oxygen atoms in total. The van der Waals surface area contributed by atoms with Crippen LogP contribution in [0.2, 0.25) is 0 Å². The van der Waals surface area contributed by atoms with E-state index in [-0.39, 0.29) is 5.91 Å². The Balaban J connectivity index is 1.66. The van der Waals surface area contributed by atoms with Crippen molar-refractivity contribution >= 4 is 5.91 Å². The average molecular weight is 365 g/mol. The van der Waals surface area contributed by atoms with Gasteiger partial charge in [0.1, 0.15) is 11.6 Å². The van der Waals surface area contributed by atoms with Crippen molar-refractivity contribution in [3.63, 3.8) is 0 Å². The Labute approximate surface area is 155 Å². The van der Waals surface area contributed by atoms with E-state index in [1.165, 1.54) is 12.1 Å². The van der Waals surface area contributed by atoms with E-state index >= 15 is 0 Å². The Morgan fingerprint density at radius 1 is 1.07 bits per heavy atom. The SMILES string of the molecule is NC(Cc1ncccc1-c1ccc2c(c1)CNC2=O)c1cc(F)cc(F)c1. The van der Waals surface area contributed by atoms with Gasteiger partial charge in [-0.05, 0) is 47.0 Å². The zero-order valence-electron chi connectivity index (χ0n) is 14.4. The highest BCUT2D eigenvalue weighted by Crippen LogP contribution is 2.29. The van der Waals surface area contributed by atoms with Gasteiger partial charge in [0.25, 0.3) is 5.91 Å². The number of nitrogens with two attached hydrogens (primary N) is 1. The first-order valence-corrected chi connectivity index (χ1v) is 8.58. The molecule has 2 aromatic carbocycles. The number of carbonyl (C=O) groups is 1. The highest BCUT2D eigenvalue weighted by atomic mass is 19.1. The minimum Gasteiger partial charge on any atom is -0.348 e. The Bertz CT molecular complexity index is 1020. The number of hydrogen-bond donors (Lipinski definition) is 2. The van der Waals surface area contributed by atoms with Crippen LogP contribution in [0.4, 0.5) is 8.78 Å². The molecule has 0 fully saturated rings. The van der Waals surface area contributed by atoms with Crippen LogP contribution in [-0.2, 0) is 13.0 Å². The molecule has 0 saturated carbocycles. The van der Waals surface area contributed by atoms with Gasteiger partial charge in [-0.25, -0.2) is 8.78 Å². The predicted molar refractivity (Wildman–Crippen MR) is 97.8 cm³/mol. The number of aromatic nitrogens is 1. The number of amides is 1. The lowest BCUT2D eigenvalue weighted by atomic mass is 9.95. The van der Waals surface area contributed by atoms with Crippen molar-refractivity contribution in [2.75, 3.05) is 0 Å². The van der Waals surface area contributed by atoms with Crippen molar-refractivity contribution in [2.24, 2.45) is 5.73 Å². The van der Waals surface area contributed by atoms with Crippen molar-refractivity contribution in [1.29, 1.82) is 0 Å². The highest BCUT2D eigenvalue weighted by molar-refractivity contribution is 5.98. The molecule has 0 radical (unpaired) electrons. The monoisotopic (exact) mass is 365 g/mol. The molecule has 1 aliphatic heterocycles. The van der Waals surface area contributed by atoms with Crippen LogP contribution in [0.15, 0.2) is 54.7 Å². The van der Waals surface area contributed by atoms with Gasteiger partial charge in [0.2, 0.25) is 0 Å². The van der Waals surface area contributed by atoms with Crippen molar-refractivity contribution in [3.05, 3.63) is 88.7 Å². The molecular formula is C21H17F2N3O. The number of nitrogens with zero attached hydrogens (tertiary/aromatic N) is 1. The van der Waals surface area contributed by atoms with Crippen molar-refractivity contribution in [3.8, 4) is 11.1 Å². The van der Waals surface area contributed by atoms with E-state index < -0.39 is 17.7 Å². The first-order valence-electron chi connectivity index (χ1n) is 8.58. The smallest absolute Gasteiger partial charge is 0.251 e. The minimum atomic E-state index is -0.655. The van der Waals surface area contributed by atoms with Crippen molar-refractivity contribution in [2.45, 2.75) is 19.0 Å². The van der Waals surface area contributed by atoms with E-state index in [9.17, 15) is 13.6 Å². The third kappa shape index (κ3) is 3.44. The summed E-state index contributed by atoms with van der Waals surface area (Å²) < 4.78 is 27.0. The lowest BCUT2D eigenvalue weighted by molar-refractivity contribution is 0.0966. The average Bonchev–Trinajstić information content (AvgIpc) is 3.02.